The van der Waals surface area contributed by atoms with Crippen LogP contribution in [0.25, 0.3) is 0 Å². The molecule has 17 heavy (non-hydrogen) atoms. The van der Waals surface area contributed by atoms with E-state index in [1.165, 1.54) is 7.11 Å². The van der Waals surface area contributed by atoms with Crippen LogP contribution in [0.4, 0.5) is 5.69 Å². The van der Waals surface area contributed by atoms with Crippen LogP contribution in [-0.4, -0.2) is 24.6 Å². The van der Waals surface area contributed by atoms with Crippen molar-refractivity contribution < 1.29 is 9.53 Å². The number of nitrogens with zero attached hydrogens (tertiary/aromatic N) is 2. The van der Waals surface area contributed by atoms with Gasteiger partial charge in [0.2, 0.25) is 0 Å². The van der Waals surface area contributed by atoms with Gasteiger partial charge in [0.25, 0.3) is 0 Å². The Bertz CT molecular complexity index is 464. The van der Waals surface area contributed by atoms with Gasteiger partial charge in [-0.15, -0.1) is 0 Å². The van der Waals surface area contributed by atoms with E-state index < -0.39 is 0 Å². The van der Waals surface area contributed by atoms with Gasteiger partial charge in [0.05, 0.1) is 30.5 Å². The maximum atomic E-state index is 11.0. The molecule has 0 fully saturated rings. The molecule has 1 aromatic heterocycles. The standard InChI is InChI=1S/C12H15N3O2/c1-8-6-11(10(7-13)9(2)15-8)14-5-4-12(16)17-3/h6H,4-5H2,1-3H3,(H,14,15). The molecule has 0 aliphatic carbocycles. The number of hydrogen-bond acceptors (Lipinski definition) is 5. The number of aryl methyl sites for hydroxylation is 2. The number of hydrogen-bond donors (Lipinski definition) is 1. The Morgan fingerprint density at radius 1 is 1.59 bits per heavy atom. The van der Waals surface area contributed by atoms with Crippen LogP contribution in [0.2, 0.25) is 0 Å². The number of methoxy groups -OCH3 is 1. The summed E-state index contributed by atoms with van der Waals surface area (Å²) in [4.78, 5) is 15.2. The molecule has 0 aliphatic heterocycles. The molecule has 0 amide bonds. The van der Waals surface area contributed by atoms with Gasteiger partial charge in [-0.2, -0.15) is 5.26 Å². The first-order chi connectivity index (χ1) is 8.08. The normalized spacial score (nSPS) is 9.53. The average molecular weight is 233 g/mol. The van der Waals surface area contributed by atoms with Gasteiger partial charge in [-0.25, -0.2) is 0 Å². The van der Waals surface area contributed by atoms with E-state index in [9.17, 15) is 4.79 Å². The highest BCUT2D eigenvalue weighted by atomic mass is 16.5. The lowest BCUT2D eigenvalue weighted by Crippen LogP contribution is -2.11. The first-order valence-corrected chi connectivity index (χ1v) is 5.27. The molecule has 0 unspecified atom stereocenters. The largest absolute Gasteiger partial charge is 0.469 e. The second-order valence-corrected chi connectivity index (χ2v) is 3.64. The average Bonchev–Trinajstić information content (AvgIpc) is 2.28. The zero-order valence-corrected chi connectivity index (χ0v) is 10.2. The highest BCUT2D eigenvalue weighted by molar-refractivity contribution is 5.70. The molecule has 0 spiro atoms. The van der Waals surface area contributed by atoms with Gasteiger partial charge in [0.15, 0.2) is 0 Å². The van der Waals surface area contributed by atoms with Crippen molar-refractivity contribution in [1.82, 2.24) is 4.98 Å². The van der Waals surface area contributed by atoms with Crippen LogP contribution in [0.15, 0.2) is 6.07 Å². The molecule has 0 atom stereocenters. The lowest BCUT2D eigenvalue weighted by molar-refractivity contribution is -0.140. The predicted molar refractivity (Wildman–Crippen MR) is 63.5 cm³/mol. The number of nitriles is 1. The number of aromatic nitrogens is 1. The Morgan fingerprint density at radius 3 is 2.88 bits per heavy atom. The monoisotopic (exact) mass is 233 g/mol. The zero-order chi connectivity index (χ0) is 12.8. The summed E-state index contributed by atoms with van der Waals surface area (Å²) in [5, 5.41) is 12.1. The number of pyridine rings is 1. The van der Waals surface area contributed by atoms with Crippen LogP contribution in [0.5, 0.6) is 0 Å². The number of carbonyl (C=O) groups is 1. The number of anilines is 1. The van der Waals surface area contributed by atoms with Gasteiger partial charge in [-0.1, -0.05) is 0 Å². The van der Waals surface area contributed by atoms with Crippen LogP contribution >= 0.6 is 0 Å². The number of rotatable bonds is 4. The van der Waals surface area contributed by atoms with E-state index in [1.54, 1.807) is 13.0 Å². The SMILES string of the molecule is COC(=O)CCNc1cc(C)nc(C)c1C#N. The maximum absolute atomic E-state index is 11.0. The molecule has 0 saturated carbocycles. The first kappa shape index (κ1) is 13.0. The quantitative estimate of drug-likeness (QED) is 0.798. The molecule has 5 heteroatoms. The van der Waals surface area contributed by atoms with Gasteiger partial charge in [0, 0.05) is 12.2 Å². The lowest BCUT2D eigenvalue weighted by atomic mass is 10.1. The Morgan fingerprint density at radius 2 is 2.29 bits per heavy atom. The molecule has 1 aromatic rings. The topological polar surface area (TPSA) is 75.0 Å². The summed E-state index contributed by atoms with van der Waals surface area (Å²) in [6.07, 6.45) is 0.266. The zero-order valence-electron chi connectivity index (χ0n) is 10.2. The van der Waals surface area contributed by atoms with E-state index in [1.807, 2.05) is 6.92 Å². The summed E-state index contributed by atoms with van der Waals surface area (Å²) >= 11 is 0. The molecule has 1 N–H and O–H groups in total. The minimum atomic E-state index is -0.279. The third-order valence-corrected chi connectivity index (χ3v) is 2.31. The van der Waals surface area contributed by atoms with E-state index in [-0.39, 0.29) is 12.4 Å². The highest BCUT2D eigenvalue weighted by Crippen LogP contribution is 2.18. The van der Waals surface area contributed by atoms with Crippen LogP contribution in [0, 0.1) is 25.2 Å². The Kier molecular flexibility index (Phi) is 4.46. The second kappa shape index (κ2) is 5.85. The first-order valence-electron chi connectivity index (χ1n) is 5.27. The minimum absolute atomic E-state index is 0.266. The summed E-state index contributed by atoms with van der Waals surface area (Å²) in [5.41, 5.74) is 2.75. The van der Waals surface area contributed by atoms with Gasteiger partial charge in [-0.05, 0) is 19.9 Å². The summed E-state index contributed by atoms with van der Waals surface area (Å²) in [6.45, 7) is 4.08. The molecule has 0 aliphatic rings. The van der Waals surface area contributed by atoms with Crippen molar-refractivity contribution in [2.75, 3.05) is 19.0 Å². The molecule has 1 rings (SSSR count). The van der Waals surface area contributed by atoms with Crippen LogP contribution in [0.1, 0.15) is 23.4 Å². The van der Waals surface area contributed by atoms with E-state index in [2.05, 4.69) is 21.1 Å². The van der Waals surface area contributed by atoms with Crippen LogP contribution < -0.4 is 5.32 Å². The van der Waals surface area contributed by atoms with Crippen molar-refractivity contribution >= 4 is 11.7 Å². The smallest absolute Gasteiger partial charge is 0.307 e. The van der Waals surface area contributed by atoms with Gasteiger partial charge >= 0.3 is 5.97 Å². The predicted octanol–water partition coefficient (Wildman–Crippen LogP) is 1.55. The van der Waals surface area contributed by atoms with Crippen molar-refractivity contribution in [2.24, 2.45) is 0 Å². The number of esters is 1. The highest BCUT2D eigenvalue weighted by Gasteiger charge is 2.08. The molecular formula is C12H15N3O2. The van der Waals surface area contributed by atoms with E-state index >= 15 is 0 Å². The molecule has 0 aromatic carbocycles. The molecular weight excluding hydrogens is 218 g/mol. The van der Waals surface area contributed by atoms with Crippen molar-refractivity contribution in [1.29, 1.82) is 5.26 Å². The van der Waals surface area contributed by atoms with E-state index in [4.69, 9.17) is 5.26 Å². The Labute approximate surface area is 100 Å². The minimum Gasteiger partial charge on any atom is -0.469 e. The van der Waals surface area contributed by atoms with Gasteiger partial charge in [0.1, 0.15) is 6.07 Å². The second-order valence-electron chi connectivity index (χ2n) is 3.64. The van der Waals surface area contributed by atoms with Gasteiger partial charge in [-0.3, -0.25) is 9.78 Å². The van der Waals surface area contributed by atoms with E-state index in [0.717, 1.165) is 5.69 Å². The summed E-state index contributed by atoms with van der Waals surface area (Å²) in [5.74, 6) is -0.279. The Hall–Kier alpha value is -2.09. The van der Waals surface area contributed by atoms with Crippen molar-refractivity contribution in [3.63, 3.8) is 0 Å². The number of ether oxygens (including phenoxy) is 1. The molecule has 90 valence electrons. The van der Waals surface area contributed by atoms with Crippen LogP contribution in [0.3, 0.4) is 0 Å². The van der Waals surface area contributed by atoms with E-state index in [0.29, 0.717) is 23.5 Å². The number of nitrogens with one attached hydrogen (secondary N) is 1. The lowest BCUT2D eigenvalue weighted by Gasteiger charge is -2.10. The fourth-order valence-electron chi connectivity index (χ4n) is 1.51. The molecule has 1 heterocycles. The summed E-state index contributed by atoms with van der Waals surface area (Å²) in [7, 11) is 1.35. The molecule has 0 saturated heterocycles. The summed E-state index contributed by atoms with van der Waals surface area (Å²) in [6, 6.07) is 3.90. The molecule has 0 radical (unpaired) electrons. The van der Waals surface area contributed by atoms with Crippen molar-refractivity contribution in [2.45, 2.75) is 20.3 Å². The fourth-order valence-corrected chi connectivity index (χ4v) is 1.51. The fraction of sp³-hybridized carbons (Fsp3) is 0.417. The third-order valence-electron chi connectivity index (χ3n) is 2.31. The van der Waals surface area contributed by atoms with Gasteiger partial charge < -0.3 is 10.1 Å². The third kappa shape index (κ3) is 3.45. The molecule has 5 nitrogen and oxygen atoms in total. The number of carbonyl (C=O) groups excluding carboxylic acids is 1. The summed E-state index contributed by atoms with van der Waals surface area (Å²) < 4.78 is 4.54. The Balaban J connectivity index is 2.77. The maximum Gasteiger partial charge on any atom is 0.307 e. The van der Waals surface area contributed by atoms with Crippen molar-refractivity contribution in [3.8, 4) is 6.07 Å². The van der Waals surface area contributed by atoms with Crippen molar-refractivity contribution in [3.05, 3.63) is 23.0 Å². The molecule has 0 bridgehead atoms. The van der Waals surface area contributed by atoms with Crippen LogP contribution in [-0.2, 0) is 9.53 Å².